The van der Waals surface area contributed by atoms with Crippen molar-refractivity contribution >= 4 is 17.6 Å². The quantitative estimate of drug-likeness (QED) is 0.651. The minimum atomic E-state index is -1.08. The highest BCUT2D eigenvalue weighted by molar-refractivity contribution is 5.87. The molecule has 2 rings (SSSR count). The summed E-state index contributed by atoms with van der Waals surface area (Å²) < 4.78 is 0. The fourth-order valence-electron chi connectivity index (χ4n) is 2.16. The molecule has 1 aromatic carbocycles. The number of hydrogen-bond acceptors (Lipinski definition) is 4. The van der Waals surface area contributed by atoms with Crippen LogP contribution in [0.15, 0.2) is 49.2 Å². The summed E-state index contributed by atoms with van der Waals surface area (Å²) in [6.07, 6.45) is 2.63. The molecule has 6 nitrogen and oxygen atoms in total. The van der Waals surface area contributed by atoms with Gasteiger partial charge in [-0.05, 0) is 36.2 Å². The summed E-state index contributed by atoms with van der Waals surface area (Å²) in [6.45, 7) is 3.87. The Morgan fingerprint density at radius 3 is 2.83 bits per heavy atom. The highest BCUT2D eigenvalue weighted by Gasteiger charge is 2.16. The SMILES string of the molecule is C=CCCN(C(=O)O)c1cc(-c2ccc(C#N)cc2N)ccn1. The van der Waals surface area contributed by atoms with E-state index in [0.29, 0.717) is 23.5 Å². The molecule has 0 saturated carbocycles. The maximum Gasteiger partial charge on any atom is 0.413 e. The zero-order valence-electron chi connectivity index (χ0n) is 12.4. The van der Waals surface area contributed by atoms with Crippen molar-refractivity contribution in [2.75, 3.05) is 17.2 Å². The molecule has 3 N–H and O–H groups in total. The maximum absolute atomic E-state index is 11.4. The van der Waals surface area contributed by atoms with E-state index in [9.17, 15) is 9.90 Å². The van der Waals surface area contributed by atoms with Crippen LogP contribution in [-0.4, -0.2) is 22.7 Å². The predicted molar refractivity (Wildman–Crippen MR) is 89.0 cm³/mol. The standard InChI is InChI=1S/C17H16N4O2/c1-2-3-8-21(17(22)23)16-10-13(6-7-20-16)14-5-4-12(11-18)9-15(14)19/h2,4-7,9-10H,1,3,8,19H2,(H,22,23). The Bertz CT molecular complexity index is 780. The smallest absolute Gasteiger partial charge is 0.413 e. The first kappa shape index (κ1) is 16.0. The monoisotopic (exact) mass is 308 g/mol. The van der Waals surface area contributed by atoms with Gasteiger partial charge in [0, 0.05) is 24.0 Å². The molecule has 0 atom stereocenters. The van der Waals surface area contributed by atoms with Crippen molar-refractivity contribution < 1.29 is 9.90 Å². The van der Waals surface area contributed by atoms with Crippen LogP contribution in [0, 0.1) is 11.3 Å². The van der Waals surface area contributed by atoms with E-state index >= 15 is 0 Å². The predicted octanol–water partition coefficient (Wildman–Crippen LogP) is 3.26. The Hall–Kier alpha value is -3.33. The fraction of sp³-hybridized carbons (Fsp3) is 0.118. The number of nitriles is 1. The lowest BCUT2D eigenvalue weighted by atomic mass is 10.0. The number of rotatable bonds is 5. The number of nitrogens with two attached hydrogens (primary N) is 1. The van der Waals surface area contributed by atoms with Crippen molar-refractivity contribution in [1.29, 1.82) is 5.26 Å². The Morgan fingerprint density at radius 1 is 1.43 bits per heavy atom. The molecule has 2 aromatic rings. The van der Waals surface area contributed by atoms with Crippen molar-refractivity contribution in [3.8, 4) is 17.2 Å². The molecule has 116 valence electrons. The van der Waals surface area contributed by atoms with Crippen LogP contribution < -0.4 is 10.6 Å². The average Bonchev–Trinajstić information content (AvgIpc) is 2.55. The highest BCUT2D eigenvalue weighted by atomic mass is 16.4. The fourth-order valence-corrected chi connectivity index (χ4v) is 2.16. The van der Waals surface area contributed by atoms with Crippen LogP contribution in [0.5, 0.6) is 0 Å². The van der Waals surface area contributed by atoms with Crippen LogP contribution in [-0.2, 0) is 0 Å². The van der Waals surface area contributed by atoms with E-state index in [2.05, 4.69) is 11.6 Å². The third kappa shape index (κ3) is 3.66. The molecule has 0 radical (unpaired) electrons. The van der Waals surface area contributed by atoms with Crippen LogP contribution in [0.3, 0.4) is 0 Å². The summed E-state index contributed by atoms with van der Waals surface area (Å²) in [6, 6.07) is 10.4. The number of nitrogen functional groups attached to an aromatic ring is 1. The van der Waals surface area contributed by atoms with Crippen molar-refractivity contribution in [2.45, 2.75) is 6.42 Å². The maximum atomic E-state index is 11.4. The van der Waals surface area contributed by atoms with E-state index in [0.717, 1.165) is 16.0 Å². The summed E-state index contributed by atoms with van der Waals surface area (Å²) >= 11 is 0. The van der Waals surface area contributed by atoms with Crippen LogP contribution in [0.2, 0.25) is 0 Å². The van der Waals surface area contributed by atoms with Gasteiger partial charge >= 0.3 is 6.09 Å². The first-order chi connectivity index (χ1) is 11.1. The number of carboxylic acid groups (broad SMARTS) is 1. The number of aromatic nitrogens is 1. The molecule has 23 heavy (non-hydrogen) atoms. The first-order valence-corrected chi connectivity index (χ1v) is 6.94. The van der Waals surface area contributed by atoms with Gasteiger partial charge in [0.25, 0.3) is 0 Å². The van der Waals surface area contributed by atoms with Gasteiger partial charge in [0.15, 0.2) is 0 Å². The van der Waals surface area contributed by atoms with Crippen molar-refractivity contribution in [1.82, 2.24) is 4.98 Å². The average molecular weight is 308 g/mol. The molecule has 0 saturated heterocycles. The summed E-state index contributed by atoms with van der Waals surface area (Å²) in [5.41, 5.74) is 8.37. The second kappa shape index (κ2) is 7.09. The Labute approximate surface area is 134 Å². The first-order valence-electron chi connectivity index (χ1n) is 6.94. The van der Waals surface area contributed by atoms with Gasteiger partial charge in [0.05, 0.1) is 11.6 Å². The van der Waals surface area contributed by atoms with Crippen LogP contribution in [0.4, 0.5) is 16.3 Å². The summed E-state index contributed by atoms with van der Waals surface area (Å²) in [5, 5.41) is 18.2. The van der Waals surface area contributed by atoms with Gasteiger partial charge in [0.1, 0.15) is 5.82 Å². The largest absolute Gasteiger partial charge is 0.465 e. The van der Waals surface area contributed by atoms with Gasteiger partial charge in [-0.25, -0.2) is 9.78 Å². The Balaban J connectivity index is 2.41. The summed E-state index contributed by atoms with van der Waals surface area (Å²) in [7, 11) is 0. The van der Waals surface area contributed by atoms with E-state index in [-0.39, 0.29) is 6.54 Å². The molecule has 0 unspecified atom stereocenters. The van der Waals surface area contributed by atoms with Gasteiger partial charge in [-0.2, -0.15) is 5.26 Å². The second-order valence-corrected chi connectivity index (χ2v) is 4.83. The van der Waals surface area contributed by atoms with E-state index < -0.39 is 6.09 Å². The van der Waals surface area contributed by atoms with E-state index in [1.54, 1.807) is 36.4 Å². The Kier molecular flexibility index (Phi) is 4.95. The molecule has 1 aromatic heterocycles. The van der Waals surface area contributed by atoms with Crippen LogP contribution in [0.25, 0.3) is 11.1 Å². The third-order valence-electron chi connectivity index (χ3n) is 3.30. The van der Waals surface area contributed by atoms with Crippen LogP contribution in [0.1, 0.15) is 12.0 Å². The van der Waals surface area contributed by atoms with E-state index in [1.807, 2.05) is 6.07 Å². The number of benzene rings is 1. The molecular formula is C17H16N4O2. The minimum Gasteiger partial charge on any atom is -0.465 e. The number of hydrogen-bond donors (Lipinski definition) is 2. The number of amides is 1. The third-order valence-corrected chi connectivity index (χ3v) is 3.30. The zero-order valence-corrected chi connectivity index (χ0v) is 12.4. The molecule has 0 spiro atoms. The highest BCUT2D eigenvalue weighted by Crippen LogP contribution is 2.28. The summed E-state index contributed by atoms with van der Waals surface area (Å²) in [5.74, 6) is 0.320. The normalized spacial score (nSPS) is 9.87. The van der Waals surface area contributed by atoms with Gasteiger partial charge < -0.3 is 10.8 Å². The van der Waals surface area contributed by atoms with Crippen molar-refractivity contribution in [3.05, 3.63) is 54.7 Å². The van der Waals surface area contributed by atoms with Gasteiger partial charge in [-0.3, -0.25) is 4.90 Å². The topological polar surface area (TPSA) is 103 Å². The molecular weight excluding hydrogens is 292 g/mol. The van der Waals surface area contributed by atoms with Crippen molar-refractivity contribution in [3.63, 3.8) is 0 Å². The summed E-state index contributed by atoms with van der Waals surface area (Å²) in [4.78, 5) is 16.7. The van der Waals surface area contributed by atoms with E-state index in [1.165, 1.54) is 6.20 Å². The van der Waals surface area contributed by atoms with Gasteiger partial charge in [-0.1, -0.05) is 12.1 Å². The molecule has 1 amide bonds. The second-order valence-electron chi connectivity index (χ2n) is 4.83. The van der Waals surface area contributed by atoms with Gasteiger partial charge in [0.2, 0.25) is 0 Å². The molecule has 0 bridgehead atoms. The van der Waals surface area contributed by atoms with Gasteiger partial charge in [-0.15, -0.1) is 6.58 Å². The lowest BCUT2D eigenvalue weighted by Gasteiger charge is -2.18. The molecule has 0 fully saturated rings. The van der Waals surface area contributed by atoms with E-state index in [4.69, 9.17) is 11.0 Å². The van der Waals surface area contributed by atoms with Crippen LogP contribution >= 0.6 is 0 Å². The molecule has 0 aliphatic carbocycles. The number of pyridine rings is 1. The Morgan fingerprint density at radius 2 is 2.22 bits per heavy atom. The lowest BCUT2D eigenvalue weighted by molar-refractivity contribution is 0.201. The molecule has 1 heterocycles. The number of carbonyl (C=O) groups is 1. The lowest BCUT2D eigenvalue weighted by Crippen LogP contribution is -2.30. The molecule has 6 heteroatoms. The molecule has 0 aliphatic rings. The molecule has 0 aliphatic heterocycles. The zero-order chi connectivity index (χ0) is 16.8. The van der Waals surface area contributed by atoms with Crippen molar-refractivity contribution in [2.24, 2.45) is 0 Å². The number of anilines is 2. The number of nitrogens with zero attached hydrogens (tertiary/aromatic N) is 3. The minimum absolute atomic E-state index is 0.276.